The average molecular weight is 2340 g/mol. The van der Waals surface area contributed by atoms with Crippen LogP contribution in [0.15, 0.2) is 91.4 Å². The number of aromatic nitrogens is 20. The SMILES string of the molecule is CC(=O)c1cn2c(C)c(C(F)(F)F)sc2n1.CC(=O)c1cn2c(C)c(C)sc2n1.CC(=O)c1cn2cc(C(F)(F)F)sc2n1.CC(=O)c1cn2cc(C(F)(F)F)sc2n1.CC(=O)c1cn2cc(C)sc2n1.CC(=O)c1nc2sc(C(F)(F)F)cn2c1Br.CC(=O)c1nc2sc(C(F)(F)F)cn2c1Cl.COC(=O)c1cn2c(C)c(C(F)(F)F)sc2n1.COC(=O)c1cn2c(C)c(C)sc2n1.COC(=O)c1cn2cc(C)sc2n1. The summed E-state index contributed by atoms with van der Waals surface area (Å²) in [5.41, 5.74) is 4.83. The van der Waals surface area contributed by atoms with Gasteiger partial charge in [-0.3, -0.25) is 77.6 Å². The van der Waals surface area contributed by atoms with Gasteiger partial charge in [0, 0.05) is 178 Å². The molecule has 0 saturated heterocycles. The van der Waals surface area contributed by atoms with Crippen molar-refractivity contribution in [1.82, 2.24) is 93.8 Å². The number of halogens is 20. The summed E-state index contributed by atoms with van der Waals surface area (Å²) in [4.78, 5) is 155. The molecule has 0 amide bonds. The number of aryl methyl sites for hydroxylation is 8. The fraction of sp³-hybridized carbons (Fsp3) is 0.286. The Morgan fingerprint density at radius 2 is 0.503 bits per heavy atom. The maximum absolute atomic E-state index is 12.6. The van der Waals surface area contributed by atoms with E-state index in [4.69, 9.17) is 11.6 Å². The van der Waals surface area contributed by atoms with Crippen LogP contribution in [-0.2, 0) is 51.3 Å². The van der Waals surface area contributed by atoms with Crippen LogP contribution in [0.3, 0.4) is 0 Å². The Labute approximate surface area is 864 Å². The normalized spacial score (nSPS) is 11.7. The molecule has 0 aliphatic heterocycles. The molecule has 782 valence electrons. The van der Waals surface area contributed by atoms with Crippen LogP contribution in [0.5, 0.6) is 0 Å². The Morgan fingerprint density at radius 3 is 0.782 bits per heavy atom. The maximum atomic E-state index is 12.6. The summed E-state index contributed by atoms with van der Waals surface area (Å²) in [5.74, 6) is -2.88. The summed E-state index contributed by atoms with van der Waals surface area (Å²) in [5, 5.41) is -0.0887. The minimum absolute atomic E-state index is 0.00410. The average Bonchev–Trinajstić information content (AvgIpc) is 1.60. The van der Waals surface area contributed by atoms with Crippen molar-refractivity contribution in [3.8, 4) is 0 Å². The van der Waals surface area contributed by atoms with Crippen LogP contribution < -0.4 is 0 Å². The molecule has 0 unspecified atom stereocenters. The number of ketones is 7. The Bertz CT molecular complexity index is 8110. The number of carbonyl (C=O) groups excluding carboxylic acids is 10. The maximum Gasteiger partial charge on any atom is 0.427 e. The van der Waals surface area contributed by atoms with E-state index < -0.39 is 84.2 Å². The van der Waals surface area contributed by atoms with Gasteiger partial charge in [-0.1, -0.05) is 79.6 Å². The van der Waals surface area contributed by atoms with Crippen LogP contribution in [-0.4, -0.2) is 174 Å². The van der Waals surface area contributed by atoms with Crippen molar-refractivity contribution in [2.75, 3.05) is 21.3 Å². The molecule has 0 spiro atoms. The number of esters is 3. The number of Topliss-reactive ketones (excluding diaryl/α,β-unsaturated/α-hetero) is 7. The molecule has 0 N–H and O–H groups in total. The number of hydrogen-bond donors (Lipinski definition) is 0. The van der Waals surface area contributed by atoms with Crippen LogP contribution in [0.2, 0.25) is 5.15 Å². The highest BCUT2D eigenvalue weighted by Gasteiger charge is 2.41. The van der Waals surface area contributed by atoms with Crippen molar-refractivity contribution >= 4 is 249 Å². The molecule has 63 heteroatoms. The molecule has 20 aromatic rings. The van der Waals surface area contributed by atoms with Gasteiger partial charge in [-0.15, -0.1) is 45.3 Å². The first-order valence-corrected chi connectivity index (χ1v) is 49.8. The number of carbonyl (C=O) groups is 10. The number of nitrogens with zero attached hydrogens (tertiary/aromatic N) is 20. The molecule has 20 heterocycles. The lowest BCUT2D eigenvalue weighted by Crippen LogP contribution is -2.05. The minimum Gasteiger partial charge on any atom is -0.464 e. The first-order chi connectivity index (χ1) is 68.1. The smallest absolute Gasteiger partial charge is 0.427 e. The van der Waals surface area contributed by atoms with Crippen LogP contribution >= 0.6 is 141 Å². The molecule has 0 fully saturated rings. The highest BCUT2D eigenvalue weighted by atomic mass is 79.9. The number of thiazole rings is 10. The third-order valence-corrected chi connectivity index (χ3v) is 31.0. The lowest BCUT2D eigenvalue weighted by atomic mass is 10.3. The second-order valence-electron chi connectivity index (χ2n) is 30.1. The second kappa shape index (κ2) is 44.8. The zero-order valence-electron chi connectivity index (χ0n) is 78.0. The standard InChI is InChI=1S/C9H7F3N2O2S.C9H7F3N2OS.C9H10N2O2S.C9H10N2OS.C8H4BrF3N2OS.C8H4ClF3N2OS.2C8H5F3N2OS.C8H8N2O2S.C8H8N2OS/c1-4-6(9(10,11)12)17-8-13-5(3-14(4)8)7(15)16-2;1-4-7(9(10,11)12)16-8-13-6(5(2)15)3-14(4)8;1-5-6(2)14-9-10-7(4-11(5)9)8(12)13-3;1-5-7(3)13-9-10-8(6(2)12)4-11(5)9;2*1-3(15)5-6(9)14-2-4(8(10,11)12)16-7(14)13-5;2*1-4(14)5-2-13-3-6(8(9,10)11)15-7(13)12-5;1-5-3-10-4-6(7(11)12-2)9-8(10)13-5;1-5-3-10-4-7(6(2)11)9-8(10)12-5/h3H,1-2H3;3H,1-2H3;4H,1-3H3;4H,1-3H3;2*2H,1H3;2*2-3H,1H3;3-4H,1-2H3;3-4H,1-2H3. The van der Waals surface area contributed by atoms with Gasteiger partial charge in [0.2, 0.25) is 0 Å². The largest absolute Gasteiger partial charge is 0.464 e. The van der Waals surface area contributed by atoms with E-state index in [2.05, 4.69) is 86.9 Å². The fourth-order valence-corrected chi connectivity index (χ4v) is 22.0. The van der Waals surface area contributed by atoms with E-state index in [1.54, 1.807) is 70.1 Å². The number of rotatable bonds is 10. The van der Waals surface area contributed by atoms with Crippen molar-refractivity contribution in [1.29, 1.82) is 0 Å². The Morgan fingerprint density at radius 1 is 0.265 bits per heavy atom. The van der Waals surface area contributed by atoms with Gasteiger partial charge in [0.05, 0.1) is 21.3 Å². The number of hydrogen-bond acceptors (Lipinski definition) is 33. The molecule has 147 heavy (non-hydrogen) atoms. The number of alkyl halides is 18. The summed E-state index contributed by atoms with van der Waals surface area (Å²) < 4.78 is 252. The third-order valence-electron chi connectivity index (χ3n) is 19.4. The Hall–Kier alpha value is -12.7. The van der Waals surface area contributed by atoms with Gasteiger partial charge in [0.1, 0.15) is 78.9 Å². The molecular weight excluding hydrogens is 2280 g/mol. The summed E-state index contributed by atoms with van der Waals surface area (Å²) in [6.07, 6.45) is -6.68. The molecule has 0 atom stereocenters. The van der Waals surface area contributed by atoms with Crippen LogP contribution in [0, 0.1) is 55.4 Å². The van der Waals surface area contributed by atoms with Gasteiger partial charge in [0.25, 0.3) is 0 Å². The van der Waals surface area contributed by atoms with E-state index >= 15 is 0 Å². The monoisotopic (exact) mass is 2340 g/mol. The summed E-state index contributed by atoms with van der Waals surface area (Å²) in [7, 11) is 3.89. The van der Waals surface area contributed by atoms with Gasteiger partial charge in [-0.05, 0) is 71.3 Å². The lowest BCUT2D eigenvalue weighted by molar-refractivity contribution is -0.135. The van der Waals surface area contributed by atoms with Crippen molar-refractivity contribution in [2.45, 2.75) is 141 Å². The van der Waals surface area contributed by atoms with E-state index in [1.165, 1.54) is 156 Å². The molecule has 0 bridgehead atoms. The molecule has 33 nitrogen and oxygen atoms in total. The first kappa shape index (κ1) is 115. The van der Waals surface area contributed by atoms with E-state index in [-0.39, 0.29) is 126 Å². The summed E-state index contributed by atoms with van der Waals surface area (Å²) >= 11 is 18.1. The van der Waals surface area contributed by atoms with E-state index in [0.29, 0.717) is 90.8 Å². The zero-order valence-corrected chi connectivity index (χ0v) is 88.5. The van der Waals surface area contributed by atoms with E-state index in [9.17, 15) is 127 Å². The number of fused-ring (bicyclic) bond motifs is 10. The molecule has 0 aliphatic carbocycles. The summed E-state index contributed by atoms with van der Waals surface area (Å²) in [6, 6.07) is 0. The molecule has 20 aromatic heterocycles. The van der Waals surface area contributed by atoms with Gasteiger partial charge in [-0.2, -0.15) is 79.0 Å². The second-order valence-corrected chi connectivity index (χ2v) is 42.0. The van der Waals surface area contributed by atoms with Crippen molar-refractivity contribution < 1.29 is 141 Å². The van der Waals surface area contributed by atoms with Crippen molar-refractivity contribution in [3.05, 3.63) is 225 Å². The molecule has 0 radical (unpaired) electrons. The third kappa shape index (κ3) is 26.7. The van der Waals surface area contributed by atoms with Crippen LogP contribution in [0.4, 0.5) is 79.0 Å². The minimum atomic E-state index is -4.43. The number of ether oxygens (including phenoxy) is 3. The number of methoxy groups -OCH3 is 3. The zero-order chi connectivity index (χ0) is 109. The van der Waals surface area contributed by atoms with Gasteiger partial charge in [-0.25, -0.2) is 64.2 Å². The molecule has 20 rings (SSSR count). The quantitative estimate of drug-likeness (QED) is 0.0531. The Kier molecular flexibility index (Phi) is 34.9. The highest BCUT2D eigenvalue weighted by Crippen LogP contribution is 2.43. The van der Waals surface area contributed by atoms with E-state index in [0.717, 1.165) is 54.7 Å². The van der Waals surface area contributed by atoms with Gasteiger partial charge in [0.15, 0.2) is 107 Å². The molecular formula is C84H68BrClF18N20O13S10. The molecule has 0 saturated carbocycles. The summed E-state index contributed by atoms with van der Waals surface area (Å²) in [6.45, 7) is 24.4. The first-order valence-electron chi connectivity index (χ1n) is 40.4. The van der Waals surface area contributed by atoms with Crippen LogP contribution in [0.1, 0.15) is 225 Å². The fourth-order valence-electron chi connectivity index (χ4n) is 12.0. The van der Waals surface area contributed by atoms with Gasteiger partial charge >= 0.3 is 55.0 Å². The lowest BCUT2D eigenvalue weighted by Gasteiger charge is -2.03. The predicted molar refractivity (Wildman–Crippen MR) is 515 cm³/mol. The molecule has 0 aliphatic rings. The van der Waals surface area contributed by atoms with Crippen molar-refractivity contribution in [3.63, 3.8) is 0 Å². The van der Waals surface area contributed by atoms with E-state index in [1.807, 2.05) is 64.6 Å². The highest BCUT2D eigenvalue weighted by molar-refractivity contribution is 9.10. The Balaban J connectivity index is 0.000000155. The van der Waals surface area contributed by atoms with Crippen molar-refractivity contribution in [2.24, 2.45) is 0 Å². The topological polar surface area (TPSA) is 371 Å². The predicted octanol–water partition coefficient (Wildman–Crippen LogP) is 24.7. The van der Waals surface area contributed by atoms with Crippen LogP contribution in [0.25, 0.3) is 49.6 Å². The van der Waals surface area contributed by atoms with Gasteiger partial charge < -0.3 is 14.2 Å². The number of imidazole rings is 10. The molecule has 0 aromatic carbocycles.